The fraction of sp³-hybridized carbons (Fsp3) is 0.389. The third-order valence-electron chi connectivity index (χ3n) is 4.40. The van der Waals surface area contributed by atoms with E-state index in [4.69, 9.17) is 11.2 Å². The second kappa shape index (κ2) is 9.38. The van der Waals surface area contributed by atoms with Gasteiger partial charge in [-0.3, -0.25) is 19.7 Å². The number of terminal acetylenes is 1. The molecule has 1 aliphatic heterocycles. The number of thiazole rings is 1. The Balaban J connectivity index is 1.83. The van der Waals surface area contributed by atoms with Crippen molar-refractivity contribution in [1.82, 2.24) is 9.47 Å². The van der Waals surface area contributed by atoms with Crippen LogP contribution in [0.1, 0.15) is 0 Å². The first kappa shape index (κ1) is 22.6. The number of amides is 2. The SMILES string of the molecule is C#CCn1c(=NC(=O)CS(=O)(=O)CC(=O)N2CCOCC2)sc2cc([N+](=O)[O-])ccc21. The van der Waals surface area contributed by atoms with Crippen LogP contribution in [0.2, 0.25) is 0 Å². The number of hydrogen-bond donors (Lipinski definition) is 0. The number of hydrogen-bond acceptors (Lipinski definition) is 8. The molecular formula is C18H18N4O7S2. The summed E-state index contributed by atoms with van der Waals surface area (Å²) in [5, 5.41) is 11.0. The van der Waals surface area contributed by atoms with Crippen LogP contribution in [-0.4, -0.2) is 72.4 Å². The zero-order valence-corrected chi connectivity index (χ0v) is 17.9. The van der Waals surface area contributed by atoms with Crippen molar-refractivity contribution in [1.29, 1.82) is 0 Å². The highest BCUT2D eigenvalue weighted by atomic mass is 32.2. The molecule has 31 heavy (non-hydrogen) atoms. The van der Waals surface area contributed by atoms with E-state index in [0.717, 1.165) is 11.3 Å². The van der Waals surface area contributed by atoms with Gasteiger partial charge >= 0.3 is 0 Å². The fourth-order valence-corrected chi connectivity index (χ4v) is 5.16. The Bertz CT molecular complexity index is 1250. The lowest BCUT2D eigenvalue weighted by molar-refractivity contribution is -0.384. The van der Waals surface area contributed by atoms with Gasteiger partial charge in [-0.15, -0.1) is 6.42 Å². The number of non-ortho nitro benzene ring substituents is 1. The van der Waals surface area contributed by atoms with Gasteiger partial charge < -0.3 is 14.2 Å². The molecule has 0 bridgehead atoms. The predicted molar refractivity (Wildman–Crippen MR) is 112 cm³/mol. The average Bonchev–Trinajstić information content (AvgIpc) is 3.04. The van der Waals surface area contributed by atoms with Crippen molar-refractivity contribution in [3.05, 3.63) is 33.1 Å². The lowest BCUT2D eigenvalue weighted by Crippen LogP contribution is -2.43. The van der Waals surface area contributed by atoms with Gasteiger partial charge in [0.2, 0.25) is 5.91 Å². The number of fused-ring (bicyclic) bond motifs is 1. The Morgan fingerprint density at radius 3 is 2.65 bits per heavy atom. The average molecular weight is 466 g/mol. The van der Waals surface area contributed by atoms with Crippen LogP contribution in [0, 0.1) is 22.5 Å². The molecule has 0 N–H and O–H groups in total. The minimum absolute atomic E-state index is 0.0339. The molecule has 1 aromatic heterocycles. The summed E-state index contributed by atoms with van der Waals surface area (Å²) >= 11 is 0.978. The van der Waals surface area contributed by atoms with E-state index in [-0.39, 0.29) is 17.0 Å². The molecule has 2 heterocycles. The quantitative estimate of drug-likeness (QED) is 0.330. The molecule has 11 nitrogen and oxygen atoms in total. The summed E-state index contributed by atoms with van der Waals surface area (Å²) in [7, 11) is -4.03. The number of ether oxygens (including phenoxy) is 1. The van der Waals surface area contributed by atoms with E-state index >= 15 is 0 Å². The number of nitro groups is 1. The molecule has 13 heteroatoms. The molecule has 164 valence electrons. The Hall–Kier alpha value is -3.08. The van der Waals surface area contributed by atoms with Gasteiger partial charge in [-0.1, -0.05) is 17.3 Å². The maximum Gasteiger partial charge on any atom is 0.270 e. The monoisotopic (exact) mass is 466 g/mol. The smallest absolute Gasteiger partial charge is 0.270 e. The molecule has 0 radical (unpaired) electrons. The highest BCUT2D eigenvalue weighted by molar-refractivity contribution is 7.92. The lowest BCUT2D eigenvalue weighted by atomic mass is 10.3. The van der Waals surface area contributed by atoms with Crippen molar-refractivity contribution in [2.45, 2.75) is 6.54 Å². The van der Waals surface area contributed by atoms with Crippen LogP contribution in [0.3, 0.4) is 0 Å². The van der Waals surface area contributed by atoms with Crippen LogP contribution in [0.5, 0.6) is 0 Å². The molecular weight excluding hydrogens is 448 g/mol. The second-order valence-corrected chi connectivity index (χ2v) is 9.69. The van der Waals surface area contributed by atoms with E-state index in [2.05, 4.69) is 10.9 Å². The number of aromatic nitrogens is 1. The lowest BCUT2D eigenvalue weighted by Gasteiger charge is -2.26. The number of benzene rings is 1. The van der Waals surface area contributed by atoms with Crippen LogP contribution >= 0.6 is 11.3 Å². The first-order chi connectivity index (χ1) is 14.7. The Labute approximate surface area is 181 Å². The molecule has 1 aromatic carbocycles. The second-order valence-electron chi connectivity index (χ2n) is 6.61. The first-order valence-corrected chi connectivity index (χ1v) is 11.7. The topological polar surface area (TPSA) is 141 Å². The van der Waals surface area contributed by atoms with Gasteiger partial charge in [0.25, 0.3) is 11.6 Å². The van der Waals surface area contributed by atoms with Crippen LogP contribution in [-0.2, 0) is 30.7 Å². The van der Waals surface area contributed by atoms with E-state index in [0.29, 0.717) is 36.5 Å². The van der Waals surface area contributed by atoms with Crippen LogP contribution in [0.25, 0.3) is 10.2 Å². The van der Waals surface area contributed by atoms with Gasteiger partial charge in [0, 0.05) is 25.2 Å². The Kier molecular flexibility index (Phi) is 6.84. The van der Waals surface area contributed by atoms with Crippen molar-refractivity contribution in [2.75, 3.05) is 37.8 Å². The summed E-state index contributed by atoms with van der Waals surface area (Å²) in [6, 6.07) is 4.12. The van der Waals surface area contributed by atoms with Crippen molar-refractivity contribution in [3.8, 4) is 12.3 Å². The van der Waals surface area contributed by atoms with Crippen molar-refractivity contribution in [3.63, 3.8) is 0 Å². The molecule has 3 rings (SSSR count). The molecule has 0 atom stereocenters. The summed E-state index contributed by atoms with van der Waals surface area (Å²) < 4.78 is 31.7. The maximum atomic E-state index is 12.3. The highest BCUT2D eigenvalue weighted by Gasteiger charge is 2.25. The number of morpholine rings is 1. The summed E-state index contributed by atoms with van der Waals surface area (Å²) in [6.07, 6.45) is 5.37. The van der Waals surface area contributed by atoms with Crippen molar-refractivity contribution in [2.24, 2.45) is 4.99 Å². The molecule has 1 saturated heterocycles. The van der Waals surface area contributed by atoms with E-state index < -0.39 is 38.1 Å². The highest BCUT2D eigenvalue weighted by Crippen LogP contribution is 2.23. The fourth-order valence-electron chi connectivity index (χ4n) is 2.98. The van der Waals surface area contributed by atoms with E-state index in [1.165, 1.54) is 27.7 Å². The molecule has 0 spiro atoms. The van der Waals surface area contributed by atoms with E-state index in [1.54, 1.807) is 0 Å². The summed E-state index contributed by atoms with van der Waals surface area (Å²) in [4.78, 5) is 40.3. The maximum absolute atomic E-state index is 12.3. The largest absolute Gasteiger partial charge is 0.378 e. The van der Waals surface area contributed by atoms with Crippen LogP contribution in [0.4, 0.5) is 5.69 Å². The number of rotatable bonds is 6. The minimum Gasteiger partial charge on any atom is -0.378 e. The third kappa shape index (κ3) is 5.54. The number of nitro benzene ring substituents is 1. The molecule has 0 aliphatic carbocycles. The molecule has 0 unspecified atom stereocenters. The van der Waals surface area contributed by atoms with Gasteiger partial charge in [0.1, 0.15) is 11.5 Å². The minimum atomic E-state index is -4.03. The predicted octanol–water partition coefficient (Wildman–Crippen LogP) is -0.0549. The van der Waals surface area contributed by atoms with Gasteiger partial charge in [-0.05, 0) is 6.07 Å². The normalized spacial score (nSPS) is 15.1. The number of sulfone groups is 1. The standard InChI is InChI=1S/C18H18N4O7S2/c1-2-5-21-14-4-3-13(22(25)26)10-15(14)30-18(21)19-16(23)11-31(27,28)12-17(24)20-6-8-29-9-7-20/h1,3-4,10H,5-9,11-12H2. The first-order valence-electron chi connectivity index (χ1n) is 9.05. The van der Waals surface area contributed by atoms with E-state index in [1.807, 2.05) is 0 Å². The van der Waals surface area contributed by atoms with Crippen LogP contribution < -0.4 is 4.80 Å². The van der Waals surface area contributed by atoms with Gasteiger partial charge in [0.15, 0.2) is 14.6 Å². The summed E-state index contributed by atoms with van der Waals surface area (Å²) in [5.41, 5.74) is 0.397. The zero-order valence-electron chi connectivity index (χ0n) is 16.2. The Morgan fingerprint density at radius 2 is 2.00 bits per heavy atom. The summed E-state index contributed by atoms with van der Waals surface area (Å²) in [6.45, 7) is 1.30. The molecule has 2 aromatic rings. The number of nitrogens with zero attached hydrogens (tertiary/aromatic N) is 4. The molecule has 2 amide bonds. The van der Waals surface area contributed by atoms with E-state index in [9.17, 15) is 28.1 Å². The molecule has 0 saturated carbocycles. The Morgan fingerprint density at radius 1 is 1.29 bits per heavy atom. The third-order valence-corrected chi connectivity index (χ3v) is 6.81. The van der Waals surface area contributed by atoms with Gasteiger partial charge in [-0.25, -0.2) is 8.42 Å². The van der Waals surface area contributed by atoms with Crippen LogP contribution in [0.15, 0.2) is 23.2 Å². The summed E-state index contributed by atoms with van der Waals surface area (Å²) in [5.74, 6) is -0.869. The van der Waals surface area contributed by atoms with Gasteiger partial charge in [0.05, 0.1) is 34.9 Å². The van der Waals surface area contributed by atoms with Gasteiger partial charge in [-0.2, -0.15) is 4.99 Å². The van der Waals surface area contributed by atoms with Crippen molar-refractivity contribution >= 4 is 48.9 Å². The molecule has 1 fully saturated rings. The van der Waals surface area contributed by atoms with Crippen molar-refractivity contribution < 1.29 is 27.7 Å². The zero-order chi connectivity index (χ0) is 22.6. The number of carbonyl (C=O) groups excluding carboxylic acids is 2. The molecule has 1 aliphatic rings. The number of carbonyl (C=O) groups is 2.